The van der Waals surface area contributed by atoms with Gasteiger partial charge in [-0.1, -0.05) is 37.3 Å². The number of fused-ring (bicyclic) bond motifs is 3. The number of benzene rings is 1. The van der Waals surface area contributed by atoms with E-state index in [9.17, 15) is 9.59 Å². The molecule has 1 N–H and O–H groups in total. The molecule has 1 aromatic carbocycles. The molecule has 2 aromatic heterocycles. The van der Waals surface area contributed by atoms with Crippen LogP contribution >= 0.6 is 11.3 Å². The number of anilines is 1. The van der Waals surface area contributed by atoms with Crippen molar-refractivity contribution in [3.05, 3.63) is 58.1 Å². The van der Waals surface area contributed by atoms with E-state index in [0.717, 1.165) is 45.8 Å². The standard InChI is InChI=1S/C24H27N3O4S/c1-4-18(23(28)31-14-15-9-7-6-8-10-15)26-22-19-17(21(32-22)24(29)30-5-2)12-11-16-13-25-27(3)20(16)19/h6-10,13,18,26H,4-5,11-12,14H2,1-3H3. The third-order valence-corrected chi connectivity index (χ3v) is 6.73. The normalized spacial score (nSPS) is 13.1. The highest BCUT2D eigenvalue weighted by atomic mass is 32.1. The van der Waals surface area contributed by atoms with Gasteiger partial charge in [0.15, 0.2) is 0 Å². The number of aromatic nitrogens is 2. The summed E-state index contributed by atoms with van der Waals surface area (Å²) in [6, 6.07) is 9.07. The smallest absolute Gasteiger partial charge is 0.348 e. The fraction of sp³-hybridized carbons (Fsp3) is 0.375. The van der Waals surface area contributed by atoms with E-state index in [1.165, 1.54) is 11.3 Å². The Bertz CT molecular complexity index is 1120. The highest BCUT2D eigenvalue weighted by Crippen LogP contribution is 2.46. The van der Waals surface area contributed by atoms with Gasteiger partial charge in [-0.05, 0) is 42.9 Å². The number of esters is 2. The monoisotopic (exact) mass is 453 g/mol. The van der Waals surface area contributed by atoms with Gasteiger partial charge in [-0.2, -0.15) is 5.10 Å². The van der Waals surface area contributed by atoms with Gasteiger partial charge in [-0.3, -0.25) is 4.68 Å². The minimum atomic E-state index is -0.532. The number of hydrogen-bond donors (Lipinski definition) is 1. The van der Waals surface area contributed by atoms with Crippen molar-refractivity contribution in [1.82, 2.24) is 9.78 Å². The summed E-state index contributed by atoms with van der Waals surface area (Å²) in [5.74, 6) is -0.649. The van der Waals surface area contributed by atoms with Gasteiger partial charge in [-0.15, -0.1) is 11.3 Å². The molecule has 32 heavy (non-hydrogen) atoms. The molecule has 0 fully saturated rings. The summed E-state index contributed by atoms with van der Waals surface area (Å²) >= 11 is 1.34. The number of rotatable bonds is 8. The summed E-state index contributed by atoms with van der Waals surface area (Å²) in [6.45, 7) is 4.27. The third kappa shape index (κ3) is 4.27. The number of carbonyl (C=O) groups excluding carboxylic acids is 2. The number of carbonyl (C=O) groups is 2. The molecule has 4 rings (SSSR count). The molecule has 7 nitrogen and oxygen atoms in total. The predicted molar refractivity (Wildman–Crippen MR) is 124 cm³/mol. The molecule has 0 saturated carbocycles. The van der Waals surface area contributed by atoms with E-state index in [0.29, 0.717) is 17.9 Å². The molecule has 1 aliphatic rings. The molecule has 0 radical (unpaired) electrons. The van der Waals surface area contributed by atoms with E-state index in [1.54, 1.807) is 6.92 Å². The topological polar surface area (TPSA) is 82.4 Å². The van der Waals surface area contributed by atoms with Crippen molar-refractivity contribution in [2.45, 2.75) is 45.8 Å². The first kappa shape index (κ1) is 22.1. The molecule has 0 amide bonds. The molecule has 2 heterocycles. The quantitative estimate of drug-likeness (QED) is 0.511. The molecule has 1 aliphatic carbocycles. The zero-order valence-corrected chi connectivity index (χ0v) is 19.3. The first-order valence-electron chi connectivity index (χ1n) is 10.8. The average molecular weight is 454 g/mol. The summed E-state index contributed by atoms with van der Waals surface area (Å²) < 4.78 is 12.7. The zero-order valence-electron chi connectivity index (χ0n) is 18.5. The van der Waals surface area contributed by atoms with Crippen molar-refractivity contribution < 1.29 is 19.1 Å². The largest absolute Gasteiger partial charge is 0.462 e. The van der Waals surface area contributed by atoms with Gasteiger partial charge in [0, 0.05) is 12.6 Å². The zero-order chi connectivity index (χ0) is 22.7. The maximum Gasteiger partial charge on any atom is 0.348 e. The molecule has 1 unspecified atom stereocenters. The van der Waals surface area contributed by atoms with Crippen LogP contribution in [-0.4, -0.2) is 34.4 Å². The van der Waals surface area contributed by atoms with E-state index in [2.05, 4.69) is 10.4 Å². The second kappa shape index (κ2) is 9.56. The molecule has 3 aromatic rings. The molecule has 0 aliphatic heterocycles. The number of ether oxygens (including phenoxy) is 2. The Balaban J connectivity index is 1.63. The summed E-state index contributed by atoms with van der Waals surface area (Å²) in [5.41, 5.74) is 4.95. The Morgan fingerprint density at radius 1 is 1.19 bits per heavy atom. The number of aryl methyl sites for hydroxylation is 2. The Kier molecular flexibility index (Phi) is 6.60. The fourth-order valence-corrected chi connectivity index (χ4v) is 5.18. The van der Waals surface area contributed by atoms with E-state index in [-0.39, 0.29) is 18.5 Å². The SMILES string of the molecule is CCOC(=O)c1sc(NC(CC)C(=O)OCc2ccccc2)c2c1CCc1cnn(C)c1-2. The number of hydrogen-bond acceptors (Lipinski definition) is 7. The van der Waals surface area contributed by atoms with Gasteiger partial charge in [0.25, 0.3) is 0 Å². The highest BCUT2D eigenvalue weighted by molar-refractivity contribution is 7.18. The molecule has 0 saturated heterocycles. The Morgan fingerprint density at radius 3 is 2.69 bits per heavy atom. The van der Waals surface area contributed by atoms with Crippen LogP contribution in [0.1, 0.15) is 46.6 Å². The minimum absolute atomic E-state index is 0.223. The van der Waals surface area contributed by atoms with E-state index in [4.69, 9.17) is 9.47 Å². The molecular formula is C24H27N3O4S. The summed E-state index contributed by atoms with van der Waals surface area (Å²) in [6.07, 6.45) is 3.97. The third-order valence-electron chi connectivity index (χ3n) is 5.59. The molecular weight excluding hydrogens is 426 g/mol. The van der Waals surface area contributed by atoms with Gasteiger partial charge in [0.1, 0.15) is 17.5 Å². The second-order valence-corrected chi connectivity index (χ2v) is 8.70. The molecule has 1 atom stereocenters. The van der Waals surface area contributed by atoms with E-state index in [1.807, 2.05) is 55.2 Å². The maximum absolute atomic E-state index is 12.8. The van der Waals surface area contributed by atoms with Crippen LogP contribution < -0.4 is 5.32 Å². The highest BCUT2D eigenvalue weighted by Gasteiger charge is 2.32. The molecule has 8 heteroatoms. The van der Waals surface area contributed by atoms with Crippen LogP contribution in [-0.2, 0) is 40.8 Å². The van der Waals surface area contributed by atoms with Crippen LogP contribution in [0.15, 0.2) is 36.5 Å². The van der Waals surface area contributed by atoms with Gasteiger partial charge < -0.3 is 14.8 Å². The number of nitrogens with one attached hydrogen (secondary N) is 1. The van der Waals surface area contributed by atoms with Crippen LogP contribution in [0.3, 0.4) is 0 Å². The maximum atomic E-state index is 12.8. The lowest BCUT2D eigenvalue weighted by Crippen LogP contribution is -2.30. The second-order valence-electron chi connectivity index (χ2n) is 7.67. The van der Waals surface area contributed by atoms with Crippen molar-refractivity contribution in [2.75, 3.05) is 11.9 Å². The van der Waals surface area contributed by atoms with E-state index >= 15 is 0 Å². The van der Waals surface area contributed by atoms with Gasteiger partial charge in [0.2, 0.25) is 0 Å². The lowest BCUT2D eigenvalue weighted by atomic mass is 9.91. The van der Waals surface area contributed by atoms with Crippen LogP contribution in [0.2, 0.25) is 0 Å². The molecule has 0 spiro atoms. The summed E-state index contributed by atoms with van der Waals surface area (Å²) in [4.78, 5) is 26.1. The predicted octanol–water partition coefficient (Wildman–Crippen LogP) is 4.36. The van der Waals surface area contributed by atoms with Crippen molar-refractivity contribution in [3.8, 4) is 11.3 Å². The van der Waals surface area contributed by atoms with Gasteiger partial charge >= 0.3 is 11.9 Å². The first-order valence-corrected chi connectivity index (χ1v) is 11.7. The molecule has 168 valence electrons. The van der Waals surface area contributed by atoms with Crippen molar-refractivity contribution in [2.24, 2.45) is 7.05 Å². The molecule has 0 bridgehead atoms. The summed E-state index contributed by atoms with van der Waals surface area (Å²) in [5, 5.41) is 8.55. The Hall–Kier alpha value is -3.13. The van der Waals surface area contributed by atoms with Crippen molar-refractivity contribution in [3.63, 3.8) is 0 Å². The number of thiophene rings is 1. The van der Waals surface area contributed by atoms with Crippen LogP contribution in [0.4, 0.5) is 5.00 Å². The van der Waals surface area contributed by atoms with Crippen molar-refractivity contribution >= 4 is 28.3 Å². The fourth-order valence-electron chi connectivity index (χ4n) is 3.98. The summed E-state index contributed by atoms with van der Waals surface area (Å²) in [7, 11) is 1.89. The van der Waals surface area contributed by atoms with Crippen molar-refractivity contribution in [1.29, 1.82) is 0 Å². The first-order chi connectivity index (χ1) is 15.5. The van der Waals surface area contributed by atoms with Crippen LogP contribution in [0.5, 0.6) is 0 Å². The van der Waals surface area contributed by atoms with Crippen LogP contribution in [0, 0.1) is 0 Å². The Labute approximate surface area is 191 Å². The van der Waals surface area contributed by atoms with Gasteiger partial charge in [-0.25, -0.2) is 9.59 Å². The Morgan fingerprint density at radius 2 is 1.97 bits per heavy atom. The number of nitrogens with zero attached hydrogens (tertiary/aromatic N) is 2. The lowest BCUT2D eigenvalue weighted by molar-refractivity contribution is -0.145. The lowest BCUT2D eigenvalue weighted by Gasteiger charge is -2.20. The van der Waals surface area contributed by atoms with Gasteiger partial charge in [0.05, 0.1) is 23.5 Å². The van der Waals surface area contributed by atoms with Crippen LogP contribution in [0.25, 0.3) is 11.3 Å². The average Bonchev–Trinajstić information content (AvgIpc) is 3.37. The minimum Gasteiger partial charge on any atom is -0.462 e. The van der Waals surface area contributed by atoms with E-state index < -0.39 is 6.04 Å².